The van der Waals surface area contributed by atoms with Crippen LogP contribution in [0.2, 0.25) is 5.02 Å². The number of aromatic nitrogens is 2. The summed E-state index contributed by atoms with van der Waals surface area (Å²) < 4.78 is 7.61. The summed E-state index contributed by atoms with van der Waals surface area (Å²) in [5.74, 6) is 0.936. The highest BCUT2D eigenvalue weighted by Crippen LogP contribution is 2.24. The van der Waals surface area contributed by atoms with Crippen molar-refractivity contribution in [3.8, 4) is 5.75 Å². The first-order valence-corrected chi connectivity index (χ1v) is 11.5. The lowest BCUT2D eigenvalue weighted by atomic mass is 10.1. The van der Waals surface area contributed by atoms with Gasteiger partial charge in [0.1, 0.15) is 17.4 Å². The molecule has 0 saturated heterocycles. The fourth-order valence-corrected chi connectivity index (χ4v) is 4.36. The Hall–Kier alpha value is -3.09. The van der Waals surface area contributed by atoms with Crippen LogP contribution in [0.3, 0.4) is 0 Å². The SMILES string of the molecule is Cc1ccc(Cn2cc(Cl)c(NC(=O)c3cc(COc4cc(C)cc(C)c4)cs3)n2)cc1. The van der Waals surface area contributed by atoms with Crippen molar-refractivity contribution >= 4 is 34.7 Å². The van der Waals surface area contributed by atoms with Crippen molar-refractivity contribution in [1.82, 2.24) is 9.78 Å². The van der Waals surface area contributed by atoms with Crippen molar-refractivity contribution in [1.29, 1.82) is 0 Å². The summed E-state index contributed by atoms with van der Waals surface area (Å²) in [6.45, 7) is 7.11. The third-order valence-corrected chi connectivity index (χ3v) is 6.15. The van der Waals surface area contributed by atoms with Crippen LogP contribution in [0, 0.1) is 20.8 Å². The Balaban J connectivity index is 1.37. The van der Waals surface area contributed by atoms with Crippen LogP contribution in [0.1, 0.15) is 37.5 Å². The zero-order valence-corrected chi connectivity index (χ0v) is 19.8. The molecule has 4 aromatic rings. The van der Waals surface area contributed by atoms with Gasteiger partial charge in [-0.05, 0) is 61.0 Å². The van der Waals surface area contributed by atoms with E-state index in [-0.39, 0.29) is 5.91 Å². The number of hydrogen-bond acceptors (Lipinski definition) is 4. The van der Waals surface area contributed by atoms with Gasteiger partial charge in [0.2, 0.25) is 0 Å². The molecule has 1 N–H and O–H groups in total. The highest BCUT2D eigenvalue weighted by molar-refractivity contribution is 7.12. The van der Waals surface area contributed by atoms with Crippen LogP contribution in [-0.2, 0) is 13.2 Å². The number of carbonyl (C=O) groups excluding carboxylic acids is 1. The number of hydrogen-bond donors (Lipinski definition) is 1. The van der Waals surface area contributed by atoms with Gasteiger partial charge in [0.25, 0.3) is 5.91 Å². The monoisotopic (exact) mass is 465 g/mol. The summed E-state index contributed by atoms with van der Waals surface area (Å²) in [5, 5.41) is 9.56. The lowest BCUT2D eigenvalue weighted by Gasteiger charge is -2.07. The highest BCUT2D eigenvalue weighted by Gasteiger charge is 2.15. The van der Waals surface area contributed by atoms with Gasteiger partial charge in [-0.2, -0.15) is 5.10 Å². The van der Waals surface area contributed by atoms with Gasteiger partial charge < -0.3 is 10.1 Å². The van der Waals surface area contributed by atoms with Gasteiger partial charge in [-0.3, -0.25) is 9.48 Å². The summed E-state index contributed by atoms with van der Waals surface area (Å²) in [6, 6.07) is 16.2. The Morgan fingerprint density at radius 2 is 1.75 bits per heavy atom. The summed E-state index contributed by atoms with van der Waals surface area (Å²) in [5.41, 5.74) is 5.57. The molecule has 7 heteroatoms. The van der Waals surface area contributed by atoms with Crippen LogP contribution in [-0.4, -0.2) is 15.7 Å². The summed E-state index contributed by atoms with van der Waals surface area (Å²) in [6.07, 6.45) is 1.72. The van der Waals surface area contributed by atoms with Gasteiger partial charge >= 0.3 is 0 Å². The molecule has 0 aliphatic heterocycles. The lowest BCUT2D eigenvalue weighted by Crippen LogP contribution is -2.11. The van der Waals surface area contributed by atoms with Crippen molar-refractivity contribution in [2.45, 2.75) is 33.9 Å². The lowest BCUT2D eigenvalue weighted by molar-refractivity contribution is 0.103. The van der Waals surface area contributed by atoms with E-state index in [2.05, 4.69) is 40.7 Å². The molecule has 4 rings (SSSR count). The molecule has 0 spiro atoms. The predicted octanol–water partition coefficient (Wildman–Crippen LogP) is 6.40. The van der Waals surface area contributed by atoms with Gasteiger partial charge in [-0.25, -0.2) is 0 Å². The van der Waals surface area contributed by atoms with Crippen molar-refractivity contribution in [3.63, 3.8) is 0 Å². The van der Waals surface area contributed by atoms with Crippen LogP contribution < -0.4 is 10.1 Å². The van der Waals surface area contributed by atoms with E-state index in [1.54, 1.807) is 10.9 Å². The molecule has 0 radical (unpaired) electrons. The molecule has 2 heterocycles. The van der Waals surface area contributed by atoms with E-state index >= 15 is 0 Å². The molecule has 2 aromatic carbocycles. The van der Waals surface area contributed by atoms with Crippen LogP contribution in [0.25, 0.3) is 0 Å². The predicted molar refractivity (Wildman–Crippen MR) is 130 cm³/mol. The number of carbonyl (C=O) groups is 1. The Morgan fingerprint density at radius 1 is 1.03 bits per heavy atom. The molecule has 5 nitrogen and oxygen atoms in total. The second kappa shape index (κ2) is 9.59. The largest absolute Gasteiger partial charge is 0.489 e. The first kappa shape index (κ1) is 22.1. The first-order chi connectivity index (χ1) is 15.4. The summed E-state index contributed by atoms with van der Waals surface area (Å²) >= 11 is 7.67. The van der Waals surface area contributed by atoms with Crippen LogP contribution in [0.15, 0.2) is 60.1 Å². The standard InChI is InChI=1S/C25H24ClN3O2S/c1-16-4-6-19(7-5-16)12-29-13-22(26)24(28-29)27-25(30)23-11-20(15-32-23)14-31-21-9-17(2)8-18(3)10-21/h4-11,13,15H,12,14H2,1-3H3,(H,27,28,30). The fourth-order valence-electron chi connectivity index (χ4n) is 3.37. The van der Waals surface area contributed by atoms with Crippen molar-refractivity contribution < 1.29 is 9.53 Å². The quantitative estimate of drug-likeness (QED) is 0.343. The molecule has 0 bridgehead atoms. The second-order valence-electron chi connectivity index (χ2n) is 7.89. The summed E-state index contributed by atoms with van der Waals surface area (Å²) in [4.78, 5) is 13.3. The minimum absolute atomic E-state index is 0.241. The Morgan fingerprint density at radius 3 is 2.47 bits per heavy atom. The fraction of sp³-hybridized carbons (Fsp3) is 0.200. The number of nitrogens with zero attached hydrogens (tertiary/aromatic N) is 2. The minimum Gasteiger partial charge on any atom is -0.489 e. The molecule has 0 saturated carbocycles. The van der Waals surface area contributed by atoms with Gasteiger partial charge in [-0.15, -0.1) is 11.3 Å². The number of anilines is 1. The summed E-state index contributed by atoms with van der Waals surface area (Å²) in [7, 11) is 0. The topological polar surface area (TPSA) is 56.2 Å². The maximum Gasteiger partial charge on any atom is 0.266 e. The first-order valence-electron chi connectivity index (χ1n) is 10.2. The average molecular weight is 466 g/mol. The molecule has 32 heavy (non-hydrogen) atoms. The van der Waals surface area contributed by atoms with Crippen molar-refractivity contribution in [3.05, 3.63) is 97.8 Å². The van der Waals surface area contributed by atoms with E-state index in [4.69, 9.17) is 16.3 Å². The third kappa shape index (κ3) is 5.58. The van der Waals surface area contributed by atoms with Crippen molar-refractivity contribution in [2.75, 3.05) is 5.32 Å². The second-order valence-corrected chi connectivity index (χ2v) is 9.21. The number of halogens is 1. The molecule has 0 unspecified atom stereocenters. The molecular formula is C25H24ClN3O2S. The van der Waals surface area contributed by atoms with Crippen LogP contribution in [0.4, 0.5) is 5.82 Å². The van der Waals surface area contributed by atoms with Gasteiger partial charge in [0.05, 0.1) is 11.4 Å². The minimum atomic E-state index is -0.241. The Labute approximate surface area is 196 Å². The van der Waals surface area contributed by atoms with E-state index in [1.165, 1.54) is 16.9 Å². The molecule has 164 valence electrons. The molecule has 0 aliphatic rings. The van der Waals surface area contributed by atoms with Gasteiger partial charge in [0, 0.05) is 11.8 Å². The number of thiophene rings is 1. The van der Waals surface area contributed by atoms with E-state index in [1.807, 2.05) is 44.4 Å². The smallest absolute Gasteiger partial charge is 0.266 e. The van der Waals surface area contributed by atoms with E-state index in [0.29, 0.717) is 28.9 Å². The Bertz CT molecular complexity index is 1220. The molecule has 0 fully saturated rings. The number of nitrogens with one attached hydrogen (secondary N) is 1. The maximum absolute atomic E-state index is 12.7. The van der Waals surface area contributed by atoms with E-state index < -0.39 is 0 Å². The van der Waals surface area contributed by atoms with Gasteiger partial charge in [-0.1, -0.05) is 47.5 Å². The average Bonchev–Trinajstić information content (AvgIpc) is 3.34. The number of ether oxygens (including phenoxy) is 1. The normalized spacial score (nSPS) is 10.9. The number of amides is 1. The zero-order valence-electron chi connectivity index (χ0n) is 18.2. The molecular weight excluding hydrogens is 442 g/mol. The van der Waals surface area contributed by atoms with E-state index in [0.717, 1.165) is 28.0 Å². The van der Waals surface area contributed by atoms with Crippen molar-refractivity contribution in [2.24, 2.45) is 0 Å². The third-order valence-electron chi connectivity index (χ3n) is 4.89. The molecule has 0 aliphatic carbocycles. The Kier molecular flexibility index (Phi) is 6.63. The molecule has 0 atom stereocenters. The maximum atomic E-state index is 12.7. The van der Waals surface area contributed by atoms with E-state index in [9.17, 15) is 4.79 Å². The number of benzene rings is 2. The van der Waals surface area contributed by atoms with Crippen LogP contribution >= 0.6 is 22.9 Å². The van der Waals surface area contributed by atoms with Crippen LogP contribution in [0.5, 0.6) is 5.75 Å². The zero-order chi connectivity index (χ0) is 22.7. The number of aryl methyl sites for hydroxylation is 3. The highest BCUT2D eigenvalue weighted by atomic mass is 35.5. The number of rotatable bonds is 7. The molecule has 2 aromatic heterocycles. The molecule has 1 amide bonds. The van der Waals surface area contributed by atoms with Gasteiger partial charge in [0.15, 0.2) is 5.82 Å².